The molecule has 88 valence electrons. The quantitative estimate of drug-likeness (QED) is 0.655. The van der Waals surface area contributed by atoms with Gasteiger partial charge in [-0.1, -0.05) is 23.6 Å². The highest BCUT2D eigenvalue weighted by Gasteiger charge is 2.03. The van der Waals surface area contributed by atoms with E-state index in [1.54, 1.807) is 23.1 Å². The normalized spacial score (nSPS) is 10.0. The summed E-state index contributed by atoms with van der Waals surface area (Å²) < 4.78 is 0. The summed E-state index contributed by atoms with van der Waals surface area (Å²) in [5.41, 5.74) is 6.36. The van der Waals surface area contributed by atoms with Gasteiger partial charge in [0.05, 0.1) is 6.54 Å². The summed E-state index contributed by atoms with van der Waals surface area (Å²) >= 11 is 3.31. The smallest absolute Gasteiger partial charge is 0.208 e. The number of aromatic amines is 1. The molecular formula is C11H12N4S2. The first-order valence-corrected chi connectivity index (χ1v) is 6.92. The van der Waals surface area contributed by atoms with Crippen LogP contribution in [-0.4, -0.2) is 21.7 Å². The average Bonchev–Trinajstić information content (AvgIpc) is 2.93. The van der Waals surface area contributed by atoms with Gasteiger partial charge in [-0.05, 0) is 13.0 Å². The molecule has 2 aromatic heterocycles. The number of aromatic nitrogens is 3. The van der Waals surface area contributed by atoms with Crippen molar-refractivity contribution < 1.29 is 0 Å². The Balaban J connectivity index is 1.93. The van der Waals surface area contributed by atoms with Crippen LogP contribution in [0.1, 0.15) is 16.3 Å². The van der Waals surface area contributed by atoms with Crippen molar-refractivity contribution in [3.63, 3.8) is 0 Å². The molecule has 0 fully saturated rings. The molecule has 0 bridgehead atoms. The lowest BCUT2D eigenvalue weighted by molar-refractivity contribution is 0.969. The van der Waals surface area contributed by atoms with Gasteiger partial charge in [-0.25, -0.2) is 4.98 Å². The van der Waals surface area contributed by atoms with E-state index in [1.807, 2.05) is 12.3 Å². The van der Waals surface area contributed by atoms with Crippen LogP contribution in [0.2, 0.25) is 0 Å². The van der Waals surface area contributed by atoms with E-state index in [9.17, 15) is 0 Å². The summed E-state index contributed by atoms with van der Waals surface area (Å²) in [6, 6.07) is 2.08. The van der Waals surface area contributed by atoms with Gasteiger partial charge in [0, 0.05) is 21.6 Å². The van der Waals surface area contributed by atoms with Gasteiger partial charge in [0.1, 0.15) is 5.82 Å². The molecule has 0 radical (unpaired) electrons. The first-order valence-electron chi connectivity index (χ1n) is 5.06. The Labute approximate surface area is 108 Å². The predicted octanol–water partition coefficient (Wildman–Crippen LogP) is 1.78. The average molecular weight is 264 g/mol. The van der Waals surface area contributed by atoms with Crippen molar-refractivity contribution in [3.05, 3.63) is 27.7 Å². The second kappa shape index (κ2) is 5.87. The van der Waals surface area contributed by atoms with Crippen molar-refractivity contribution in [3.8, 4) is 11.8 Å². The number of thioether (sulfide) groups is 1. The van der Waals surface area contributed by atoms with Gasteiger partial charge >= 0.3 is 0 Å². The fourth-order valence-corrected chi connectivity index (χ4v) is 2.91. The Kier molecular flexibility index (Phi) is 4.20. The van der Waals surface area contributed by atoms with Gasteiger partial charge in [0.15, 0.2) is 0 Å². The lowest BCUT2D eigenvalue weighted by Gasteiger charge is -1.91. The zero-order chi connectivity index (χ0) is 12.1. The number of hydrogen-bond donors (Lipinski definition) is 2. The maximum absolute atomic E-state index is 5.33. The molecule has 0 saturated heterocycles. The minimum absolute atomic E-state index is 0.399. The minimum atomic E-state index is 0.399. The molecule has 0 aromatic carbocycles. The van der Waals surface area contributed by atoms with E-state index >= 15 is 0 Å². The molecule has 0 atom stereocenters. The van der Waals surface area contributed by atoms with Gasteiger partial charge in [-0.15, -0.1) is 16.4 Å². The number of rotatable bonds is 3. The second-order valence-corrected chi connectivity index (χ2v) is 5.24. The Morgan fingerprint density at radius 3 is 3.18 bits per heavy atom. The summed E-state index contributed by atoms with van der Waals surface area (Å²) in [7, 11) is 0. The summed E-state index contributed by atoms with van der Waals surface area (Å²) in [4.78, 5) is 5.50. The molecule has 2 aromatic rings. The van der Waals surface area contributed by atoms with Crippen LogP contribution in [0.3, 0.4) is 0 Å². The number of nitrogens with zero attached hydrogens (tertiary/aromatic N) is 2. The van der Waals surface area contributed by atoms with Crippen LogP contribution in [0.5, 0.6) is 0 Å². The second-order valence-electron chi connectivity index (χ2n) is 3.30. The largest absolute Gasteiger partial charge is 0.320 e. The fourth-order valence-electron chi connectivity index (χ4n) is 1.20. The van der Waals surface area contributed by atoms with E-state index < -0.39 is 0 Å². The molecule has 3 N–H and O–H groups in total. The van der Waals surface area contributed by atoms with Crippen LogP contribution >= 0.6 is 23.1 Å². The highest BCUT2D eigenvalue weighted by Crippen LogP contribution is 2.23. The summed E-state index contributed by atoms with van der Waals surface area (Å²) in [5.74, 6) is 7.57. The van der Waals surface area contributed by atoms with E-state index in [0.717, 1.165) is 22.3 Å². The number of hydrogen-bond acceptors (Lipinski definition) is 5. The van der Waals surface area contributed by atoms with E-state index in [0.29, 0.717) is 6.54 Å². The molecule has 0 aliphatic heterocycles. The highest BCUT2D eigenvalue weighted by molar-refractivity contribution is 7.98. The molecule has 0 amide bonds. The van der Waals surface area contributed by atoms with Crippen LogP contribution in [0, 0.1) is 18.8 Å². The lowest BCUT2D eigenvalue weighted by Crippen LogP contribution is -1.92. The molecule has 0 aliphatic carbocycles. The molecule has 0 aliphatic rings. The third kappa shape index (κ3) is 3.60. The summed E-state index contributed by atoms with van der Waals surface area (Å²) in [5, 5.41) is 9.72. The molecule has 0 spiro atoms. The Morgan fingerprint density at radius 1 is 1.59 bits per heavy atom. The minimum Gasteiger partial charge on any atom is -0.320 e. The molecule has 6 heteroatoms. The Bertz CT molecular complexity index is 547. The van der Waals surface area contributed by atoms with E-state index in [-0.39, 0.29) is 0 Å². The number of thiophene rings is 1. The van der Waals surface area contributed by atoms with Crippen LogP contribution in [0.4, 0.5) is 0 Å². The number of nitrogens with two attached hydrogens (primary N) is 1. The molecule has 4 nitrogen and oxygen atoms in total. The van der Waals surface area contributed by atoms with Gasteiger partial charge in [0.25, 0.3) is 0 Å². The molecular weight excluding hydrogens is 252 g/mol. The molecule has 2 rings (SSSR count). The Hall–Kier alpha value is -1.29. The molecule has 0 unspecified atom stereocenters. The molecule has 2 heterocycles. The third-order valence-corrected chi connectivity index (χ3v) is 3.92. The van der Waals surface area contributed by atoms with Crippen molar-refractivity contribution in [2.75, 3.05) is 6.54 Å². The summed E-state index contributed by atoms with van der Waals surface area (Å²) in [6.45, 7) is 2.29. The van der Waals surface area contributed by atoms with Gasteiger partial charge in [-0.2, -0.15) is 0 Å². The van der Waals surface area contributed by atoms with Crippen molar-refractivity contribution in [1.29, 1.82) is 0 Å². The number of H-pyrrole nitrogens is 1. The maximum atomic E-state index is 5.33. The fraction of sp³-hybridized carbons (Fsp3) is 0.273. The predicted molar refractivity (Wildman–Crippen MR) is 70.9 cm³/mol. The van der Waals surface area contributed by atoms with Gasteiger partial charge in [0.2, 0.25) is 5.16 Å². The van der Waals surface area contributed by atoms with Crippen molar-refractivity contribution >= 4 is 23.1 Å². The zero-order valence-corrected chi connectivity index (χ0v) is 11.0. The lowest BCUT2D eigenvalue weighted by atomic mass is 10.3. The monoisotopic (exact) mass is 264 g/mol. The van der Waals surface area contributed by atoms with E-state index in [1.165, 1.54) is 4.88 Å². The van der Waals surface area contributed by atoms with E-state index in [2.05, 4.69) is 33.1 Å². The Morgan fingerprint density at radius 2 is 2.47 bits per heavy atom. The van der Waals surface area contributed by atoms with E-state index in [4.69, 9.17) is 5.73 Å². The molecule has 17 heavy (non-hydrogen) atoms. The zero-order valence-electron chi connectivity index (χ0n) is 9.36. The molecule has 0 saturated carbocycles. The van der Waals surface area contributed by atoms with Crippen molar-refractivity contribution in [2.45, 2.75) is 17.8 Å². The first kappa shape index (κ1) is 12.2. The van der Waals surface area contributed by atoms with Crippen molar-refractivity contribution in [1.82, 2.24) is 15.2 Å². The third-order valence-electron chi connectivity index (χ3n) is 1.91. The highest BCUT2D eigenvalue weighted by atomic mass is 32.2. The van der Waals surface area contributed by atoms with Crippen LogP contribution in [0.25, 0.3) is 0 Å². The van der Waals surface area contributed by atoms with Crippen LogP contribution in [0.15, 0.2) is 16.6 Å². The van der Waals surface area contributed by atoms with Gasteiger partial charge < -0.3 is 5.73 Å². The number of nitrogens with one attached hydrogen (secondary N) is 1. The first-order chi connectivity index (χ1) is 8.28. The number of aryl methyl sites for hydroxylation is 1. The topological polar surface area (TPSA) is 67.6 Å². The standard InChI is InChI=1S/C11H12N4S2/c1-8-13-11(15-14-8)17-7-10-5-9(6-16-10)3-2-4-12/h5-6H,4,7,12H2,1H3,(H,13,14,15). The van der Waals surface area contributed by atoms with Crippen molar-refractivity contribution in [2.24, 2.45) is 5.73 Å². The summed E-state index contributed by atoms with van der Waals surface area (Å²) in [6.07, 6.45) is 0. The maximum Gasteiger partial charge on any atom is 0.208 e. The van der Waals surface area contributed by atoms with Crippen LogP contribution in [-0.2, 0) is 5.75 Å². The van der Waals surface area contributed by atoms with Gasteiger partial charge in [-0.3, -0.25) is 5.10 Å². The SMILES string of the molecule is Cc1nc(SCc2cc(C#CCN)cs2)n[nH]1. The van der Waals surface area contributed by atoms with Crippen LogP contribution < -0.4 is 5.73 Å².